The molecule has 0 spiro atoms. The fourth-order valence-corrected chi connectivity index (χ4v) is 2.42. The smallest absolute Gasteiger partial charge is 0.222 e. The Kier molecular flexibility index (Phi) is 6.85. The van der Waals surface area contributed by atoms with Gasteiger partial charge >= 0.3 is 0 Å². The molecular weight excluding hydrogens is 240 g/mol. The second kappa shape index (κ2) is 7.90. The molecule has 0 saturated carbocycles. The molecule has 2 unspecified atom stereocenters. The zero-order valence-electron chi connectivity index (χ0n) is 10.2. The van der Waals surface area contributed by atoms with Crippen LogP contribution in [0.3, 0.4) is 0 Å². The number of rotatable bonds is 4. The lowest BCUT2D eigenvalue weighted by molar-refractivity contribution is -0.124. The van der Waals surface area contributed by atoms with Gasteiger partial charge in [-0.1, -0.05) is 0 Å². The van der Waals surface area contributed by atoms with Gasteiger partial charge in [0.15, 0.2) is 0 Å². The van der Waals surface area contributed by atoms with E-state index in [2.05, 4.69) is 10.6 Å². The average molecular weight is 263 g/mol. The quantitative estimate of drug-likeness (QED) is 0.802. The number of hydrogen-bond donors (Lipinski definition) is 2. The largest absolute Gasteiger partial charge is 0.378 e. The first-order chi connectivity index (χ1) is 7.84. The Morgan fingerprint density at radius 3 is 2.82 bits per heavy atom. The Labute approximate surface area is 109 Å². The first-order valence-corrected chi connectivity index (χ1v) is 6.46. The van der Waals surface area contributed by atoms with E-state index in [9.17, 15) is 4.79 Å². The molecule has 4 nitrogen and oxygen atoms in total. The molecule has 2 fully saturated rings. The van der Waals surface area contributed by atoms with Gasteiger partial charge in [-0.25, -0.2) is 0 Å². The Bertz CT molecular complexity index is 227. The standard InChI is InChI=1S/C12H22N2O2.ClH/c15-12(8-11-5-1-2-7-16-11)14-9-10-4-3-6-13-10;/h10-11,13H,1-9H2,(H,14,15);1H. The summed E-state index contributed by atoms with van der Waals surface area (Å²) in [5.74, 6) is 0.139. The summed E-state index contributed by atoms with van der Waals surface area (Å²) in [6.07, 6.45) is 6.48. The minimum absolute atomic E-state index is 0. The Morgan fingerprint density at radius 2 is 2.18 bits per heavy atom. The van der Waals surface area contributed by atoms with E-state index < -0.39 is 0 Å². The highest BCUT2D eigenvalue weighted by Gasteiger charge is 2.19. The van der Waals surface area contributed by atoms with Gasteiger partial charge in [0, 0.05) is 19.2 Å². The number of carbonyl (C=O) groups is 1. The van der Waals surface area contributed by atoms with Crippen molar-refractivity contribution in [3.63, 3.8) is 0 Å². The highest BCUT2D eigenvalue weighted by molar-refractivity contribution is 5.85. The van der Waals surface area contributed by atoms with Gasteiger partial charge in [-0.15, -0.1) is 12.4 Å². The van der Waals surface area contributed by atoms with Crippen LogP contribution in [-0.4, -0.2) is 37.7 Å². The molecule has 1 amide bonds. The Hall–Kier alpha value is -0.320. The van der Waals surface area contributed by atoms with Crippen LogP contribution in [0.4, 0.5) is 0 Å². The van der Waals surface area contributed by atoms with Crippen LogP contribution >= 0.6 is 12.4 Å². The number of amides is 1. The van der Waals surface area contributed by atoms with E-state index in [1.807, 2.05) is 0 Å². The van der Waals surface area contributed by atoms with Gasteiger partial charge < -0.3 is 15.4 Å². The van der Waals surface area contributed by atoms with Crippen molar-refractivity contribution in [3.05, 3.63) is 0 Å². The number of nitrogens with one attached hydrogen (secondary N) is 2. The van der Waals surface area contributed by atoms with Gasteiger partial charge in [-0.2, -0.15) is 0 Å². The van der Waals surface area contributed by atoms with Crippen molar-refractivity contribution < 1.29 is 9.53 Å². The Morgan fingerprint density at radius 1 is 1.29 bits per heavy atom. The maximum absolute atomic E-state index is 11.6. The van der Waals surface area contributed by atoms with Gasteiger partial charge in [0.2, 0.25) is 5.91 Å². The Balaban J connectivity index is 0.00000144. The lowest BCUT2D eigenvalue weighted by atomic mass is 10.1. The summed E-state index contributed by atoms with van der Waals surface area (Å²) in [7, 11) is 0. The van der Waals surface area contributed by atoms with Crippen molar-refractivity contribution in [2.24, 2.45) is 0 Å². The van der Waals surface area contributed by atoms with Gasteiger partial charge in [-0.05, 0) is 38.6 Å². The number of carbonyl (C=O) groups excluding carboxylic acids is 1. The van der Waals surface area contributed by atoms with Crippen LogP contribution in [0.25, 0.3) is 0 Å². The molecule has 0 aromatic carbocycles. The predicted molar refractivity (Wildman–Crippen MR) is 69.5 cm³/mol. The minimum Gasteiger partial charge on any atom is -0.378 e. The normalized spacial score (nSPS) is 28.5. The molecule has 2 N–H and O–H groups in total. The SMILES string of the molecule is Cl.O=C(CC1CCCCO1)NCC1CCCN1. The second-order valence-corrected chi connectivity index (χ2v) is 4.79. The summed E-state index contributed by atoms with van der Waals surface area (Å²) in [6, 6.07) is 0.483. The molecule has 2 aliphatic rings. The van der Waals surface area contributed by atoms with E-state index >= 15 is 0 Å². The number of halogens is 1. The van der Waals surface area contributed by atoms with E-state index in [-0.39, 0.29) is 24.4 Å². The molecule has 2 heterocycles. The topological polar surface area (TPSA) is 50.4 Å². The molecule has 2 rings (SSSR count). The second-order valence-electron chi connectivity index (χ2n) is 4.79. The molecular formula is C12H23ClN2O2. The highest BCUT2D eigenvalue weighted by Crippen LogP contribution is 2.15. The average Bonchev–Trinajstić information content (AvgIpc) is 2.81. The summed E-state index contributed by atoms with van der Waals surface area (Å²) in [4.78, 5) is 11.6. The molecule has 0 bridgehead atoms. The molecule has 0 aromatic heterocycles. The van der Waals surface area contributed by atoms with Crippen LogP contribution in [0.5, 0.6) is 0 Å². The first-order valence-electron chi connectivity index (χ1n) is 6.46. The maximum atomic E-state index is 11.6. The zero-order chi connectivity index (χ0) is 11.2. The molecule has 17 heavy (non-hydrogen) atoms. The lowest BCUT2D eigenvalue weighted by Crippen LogP contribution is -2.38. The predicted octanol–water partition coefficient (Wildman–Crippen LogP) is 1.24. The third-order valence-electron chi connectivity index (χ3n) is 3.40. The van der Waals surface area contributed by atoms with Crippen LogP contribution in [0.1, 0.15) is 38.5 Å². The van der Waals surface area contributed by atoms with Gasteiger partial charge in [-0.3, -0.25) is 4.79 Å². The van der Waals surface area contributed by atoms with Crippen LogP contribution in [0, 0.1) is 0 Å². The van der Waals surface area contributed by atoms with E-state index in [1.54, 1.807) is 0 Å². The summed E-state index contributed by atoms with van der Waals surface area (Å²) >= 11 is 0. The van der Waals surface area contributed by atoms with Gasteiger partial charge in [0.05, 0.1) is 12.5 Å². The maximum Gasteiger partial charge on any atom is 0.222 e. The molecule has 2 atom stereocenters. The third-order valence-corrected chi connectivity index (χ3v) is 3.40. The van der Waals surface area contributed by atoms with Crippen molar-refractivity contribution in [1.29, 1.82) is 0 Å². The molecule has 2 aliphatic heterocycles. The molecule has 0 radical (unpaired) electrons. The number of ether oxygens (including phenoxy) is 1. The fourth-order valence-electron chi connectivity index (χ4n) is 2.42. The lowest BCUT2D eigenvalue weighted by Gasteiger charge is -2.22. The van der Waals surface area contributed by atoms with Gasteiger partial charge in [0.1, 0.15) is 0 Å². The minimum atomic E-state index is 0. The summed E-state index contributed by atoms with van der Waals surface area (Å²) < 4.78 is 5.54. The van der Waals surface area contributed by atoms with Crippen molar-refractivity contribution in [3.8, 4) is 0 Å². The number of hydrogen-bond acceptors (Lipinski definition) is 3. The summed E-state index contributed by atoms with van der Waals surface area (Å²) in [6.45, 7) is 2.68. The van der Waals surface area contributed by atoms with Crippen molar-refractivity contribution in [1.82, 2.24) is 10.6 Å². The summed E-state index contributed by atoms with van der Waals surface area (Å²) in [5.41, 5.74) is 0. The van der Waals surface area contributed by atoms with Crippen LogP contribution < -0.4 is 10.6 Å². The van der Waals surface area contributed by atoms with Crippen molar-refractivity contribution in [2.75, 3.05) is 19.7 Å². The molecule has 0 aliphatic carbocycles. The molecule has 100 valence electrons. The van der Waals surface area contributed by atoms with Gasteiger partial charge in [0.25, 0.3) is 0 Å². The third kappa shape index (κ3) is 5.23. The van der Waals surface area contributed by atoms with E-state index in [4.69, 9.17) is 4.74 Å². The van der Waals surface area contributed by atoms with Crippen LogP contribution in [0.15, 0.2) is 0 Å². The summed E-state index contributed by atoms with van der Waals surface area (Å²) in [5, 5.41) is 6.36. The monoisotopic (exact) mass is 262 g/mol. The molecule has 5 heteroatoms. The zero-order valence-corrected chi connectivity index (χ0v) is 11.1. The van der Waals surface area contributed by atoms with E-state index in [0.29, 0.717) is 12.5 Å². The fraction of sp³-hybridized carbons (Fsp3) is 0.917. The van der Waals surface area contributed by atoms with E-state index in [0.717, 1.165) is 32.5 Å². The highest BCUT2D eigenvalue weighted by atomic mass is 35.5. The molecule has 2 saturated heterocycles. The van der Waals surface area contributed by atoms with Crippen molar-refractivity contribution >= 4 is 18.3 Å². The first kappa shape index (κ1) is 14.7. The van der Waals surface area contributed by atoms with Crippen molar-refractivity contribution in [2.45, 2.75) is 50.7 Å². The van der Waals surface area contributed by atoms with Crippen LogP contribution in [-0.2, 0) is 9.53 Å². The van der Waals surface area contributed by atoms with Crippen LogP contribution in [0.2, 0.25) is 0 Å². The van der Waals surface area contributed by atoms with E-state index in [1.165, 1.54) is 19.3 Å². The molecule has 0 aromatic rings.